The van der Waals surface area contributed by atoms with Crippen molar-refractivity contribution in [3.63, 3.8) is 0 Å². The summed E-state index contributed by atoms with van der Waals surface area (Å²) >= 11 is 3.61. The van der Waals surface area contributed by atoms with Crippen LogP contribution in [-0.4, -0.2) is 63.0 Å². The lowest BCUT2D eigenvalue weighted by Gasteiger charge is -2.37. The van der Waals surface area contributed by atoms with Gasteiger partial charge in [0.15, 0.2) is 23.0 Å². The second-order valence-corrected chi connectivity index (χ2v) is 10.2. The molecular weight excluding hydrogens is 472 g/mol. The van der Waals surface area contributed by atoms with E-state index in [2.05, 4.69) is 57.8 Å². The molecule has 2 aromatic rings. The van der Waals surface area contributed by atoms with Crippen molar-refractivity contribution < 1.29 is 18.9 Å². The zero-order valence-electron chi connectivity index (χ0n) is 18.9. The van der Waals surface area contributed by atoms with Gasteiger partial charge in [-0.1, -0.05) is 22.0 Å². The topological polar surface area (TPSA) is 43.4 Å². The Kier molecular flexibility index (Phi) is 6.12. The van der Waals surface area contributed by atoms with Crippen LogP contribution in [0.3, 0.4) is 0 Å². The minimum atomic E-state index is -0.171. The zero-order valence-corrected chi connectivity index (χ0v) is 20.4. The van der Waals surface area contributed by atoms with Crippen LogP contribution in [0.5, 0.6) is 23.0 Å². The normalized spacial score (nSPS) is 19.4. The standard InChI is InChI=1S/C25H31BrN2O4/c1-25(2)17-18-15-19(26)16-22(23(18)32-25)29-12-4-7-27-8-10-28(11-9-27)20-5-3-6-21-24(20)31-14-13-30-21/h3,5-6,15-16H,4,7-14,17H2,1-2H3. The molecule has 6 nitrogen and oxygen atoms in total. The van der Waals surface area contributed by atoms with Crippen molar-refractivity contribution in [2.24, 2.45) is 0 Å². The van der Waals surface area contributed by atoms with E-state index in [9.17, 15) is 0 Å². The lowest BCUT2D eigenvalue weighted by molar-refractivity contribution is 0.131. The summed E-state index contributed by atoms with van der Waals surface area (Å²) in [7, 11) is 0. The fraction of sp³-hybridized carbons (Fsp3) is 0.520. The van der Waals surface area contributed by atoms with Crippen molar-refractivity contribution in [1.29, 1.82) is 0 Å². The first-order valence-electron chi connectivity index (χ1n) is 11.5. The van der Waals surface area contributed by atoms with Crippen molar-refractivity contribution in [1.82, 2.24) is 4.90 Å². The van der Waals surface area contributed by atoms with Crippen molar-refractivity contribution >= 4 is 21.6 Å². The average Bonchev–Trinajstić information content (AvgIpc) is 3.10. The van der Waals surface area contributed by atoms with E-state index in [0.717, 1.165) is 78.7 Å². The maximum atomic E-state index is 6.14. The summed E-state index contributed by atoms with van der Waals surface area (Å²) in [6, 6.07) is 10.3. The van der Waals surface area contributed by atoms with E-state index >= 15 is 0 Å². The third kappa shape index (κ3) is 4.64. The van der Waals surface area contributed by atoms with E-state index in [-0.39, 0.29) is 5.60 Å². The maximum absolute atomic E-state index is 6.14. The van der Waals surface area contributed by atoms with Gasteiger partial charge >= 0.3 is 0 Å². The Morgan fingerprint density at radius 2 is 1.84 bits per heavy atom. The molecule has 172 valence electrons. The van der Waals surface area contributed by atoms with E-state index in [0.29, 0.717) is 19.8 Å². The van der Waals surface area contributed by atoms with Crippen LogP contribution in [0.2, 0.25) is 0 Å². The Morgan fingerprint density at radius 3 is 2.69 bits per heavy atom. The highest BCUT2D eigenvalue weighted by molar-refractivity contribution is 9.10. The fourth-order valence-corrected chi connectivity index (χ4v) is 5.22. The lowest BCUT2D eigenvalue weighted by Crippen LogP contribution is -2.47. The Labute approximate surface area is 198 Å². The van der Waals surface area contributed by atoms with E-state index < -0.39 is 0 Å². The summed E-state index contributed by atoms with van der Waals surface area (Å²) in [5.41, 5.74) is 2.19. The van der Waals surface area contributed by atoms with Gasteiger partial charge in [-0.25, -0.2) is 0 Å². The molecule has 0 atom stereocenters. The van der Waals surface area contributed by atoms with Crippen LogP contribution in [0, 0.1) is 0 Å². The van der Waals surface area contributed by atoms with Gasteiger partial charge in [0, 0.05) is 49.2 Å². The number of para-hydroxylation sites is 1. The Balaban J connectivity index is 1.10. The third-order valence-corrected chi connectivity index (χ3v) is 6.68. The monoisotopic (exact) mass is 502 g/mol. The van der Waals surface area contributed by atoms with Crippen molar-refractivity contribution in [2.75, 3.05) is 57.4 Å². The molecule has 0 unspecified atom stereocenters. The summed E-state index contributed by atoms with van der Waals surface area (Å²) < 4.78 is 25.0. The number of piperazine rings is 1. The Hall–Kier alpha value is -2.12. The molecule has 0 radical (unpaired) electrons. The van der Waals surface area contributed by atoms with Gasteiger partial charge in [0.1, 0.15) is 18.8 Å². The van der Waals surface area contributed by atoms with Crippen LogP contribution in [0.4, 0.5) is 5.69 Å². The molecule has 1 saturated heterocycles. The van der Waals surface area contributed by atoms with Gasteiger partial charge in [-0.2, -0.15) is 0 Å². The van der Waals surface area contributed by atoms with E-state index in [1.807, 2.05) is 12.1 Å². The van der Waals surface area contributed by atoms with Crippen LogP contribution < -0.4 is 23.8 Å². The molecule has 0 aliphatic carbocycles. The second-order valence-electron chi connectivity index (χ2n) is 9.26. The SMILES string of the molecule is CC1(C)Cc2cc(Br)cc(OCCCN3CCN(c4cccc5c4OCCO5)CC3)c2O1. The minimum absolute atomic E-state index is 0.171. The van der Waals surface area contributed by atoms with Crippen LogP contribution in [0.15, 0.2) is 34.8 Å². The molecular formula is C25H31BrN2O4. The quantitative estimate of drug-likeness (QED) is 0.540. The van der Waals surface area contributed by atoms with E-state index in [1.54, 1.807) is 0 Å². The lowest BCUT2D eigenvalue weighted by atomic mass is 10.0. The summed E-state index contributed by atoms with van der Waals surface area (Å²) in [5.74, 6) is 3.51. The van der Waals surface area contributed by atoms with Gasteiger partial charge in [0.05, 0.1) is 12.3 Å². The average molecular weight is 503 g/mol. The van der Waals surface area contributed by atoms with Crippen LogP contribution in [-0.2, 0) is 6.42 Å². The smallest absolute Gasteiger partial charge is 0.184 e. The molecule has 3 aliphatic rings. The highest BCUT2D eigenvalue weighted by atomic mass is 79.9. The number of benzene rings is 2. The van der Waals surface area contributed by atoms with Gasteiger partial charge in [0.25, 0.3) is 0 Å². The van der Waals surface area contributed by atoms with E-state index in [4.69, 9.17) is 18.9 Å². The van der Waals surface area contributed by atoms with Crippen LogP contribution in [0.1, 0.15) is 25.8 Å². The summed E-state index contributed by atoms with van der Waals surface area (Å²) in [4.78, 5) is 4.92. The number of nitrogens with zero attached hydrogens (tertiary/aromatic N) is 2. The van der Waals surface area contributed by atoms with Crippen LogP contribution >= 0.6 is 15.9 Å². The number of halogens is 1. The molecule has 1 fully saturated rings. The molecule has 0 N–H and O–H groups in total. The van der Waals surface area contributed by atoms with Crippen LogP contribution in [0.25, 0.3) is 0 Å². The van der Waals surface area contributed by atoms with Crippen molar-refractivity contribution in [3.8, 4) is 23.0 Å². The number of hydrogen-bond acceptors (Lipinski definition) is 6. The number of anilines is 1. The molecule has 32 heavy (non-hydrogen) atoms. The molecule has 0 saturated carbocycles. The molecule has 0 aromatic heterocycles. The highest BCUT2D eigenvalue weighted by Gasteiger charge is 2.33. The van der Waals surface area contributed by atoms with Gasteiger partial charge in [-0.3, -0.25) is 4.90 Å². The largest absolute Gasteiger partial charge is 0.490 e. The molecule has 7 heteroatoms. The van der Waals surface area contributed by atoms with Gasteiger partial charge < -0.3 is 23.8 Å². The Bertz CT molecular complexity index is 973. The summed E-state index contributed by atoms with van der Waals surface area (Å²) in [6.07, 6.45) is 1.90. The van der Waals surface area contributed by atoms with Gasteiger partial charge in [-0.05, 0) is 44.5 Å². The van der Waals surface area contributed by atoms with E-state index in [1.165, 1.54) is 5.56 Å². The predicted octanol–water partition coefficient (Wildman–Crippen LogP) is 4.52. The minimum Gasteiger partial charge on any atom is -0.490 e. The summed E-state index contributed by atoms with van der Waals surface area (Å²) in [6.45, 7) is 11.2. The molecule has 3 heterocycles. The number of fused-ring (bicyclic) bond motifs is 2. The summed E-state index contributed by atoms with van der Waals surface area (Å²) in [5, 5.41) is 0. The third-order valence-electron chi connectivity index (χ3n) is 6.23. The molecule has 0 bridgehead atoms. The molecule has 3 aliphatic heterocycles. The predicted molar refractivity (Wildman–Crippen MR) is 129 cm³/mol. The molecule has 5 rings (SSSR count). The highest BCUT2D eigenvalue weighted by Crippen LogP contribution is 2.44. The first-order valence-corrected chi connectivity index (χ1v) is 12.3. The number of rotatable bonds is 6. The molecule has 2 aromatic carbocycles. The maximum Gasteiger partial charge on any atom is 0.184 e. The molecule has 0 amide bonds. The Morgan fingerprint density at radius 1 is 1.03 bits per heavy atom. The first kappa shape index (κ1) is 21.7. The first-order chi connectivity index (χ1) is 15.5. The van der Waals surface area contributed by atoms with Gasteiger partial charge in [-0.15, -0.1) is 0 Å². The van der Waals surface area contributed by atoms with Gasteiger partial charge in [0.2, 0.25) is 0 Å². The number of ether oxygens (including phenoxy) is 4. The molecule has 0 spiro atoms. The second kappa shape index (κ2) is 9.02. The number of hydrogen-bond donors (Lipinski definition) is 0. The fourth-order valence-electron chi connectivity index (χ4n) is 4.74. The van der Waals surface area contributed by atoms with Crippen molar-refractivity contribution in [2.45, 2.75) is 32.3 Å². The van der Waals surface area contributed by atoms with Crippen molar-refractivity contribution in [3.05, 3.63) is 40.4 Å². The zero-order chi connectivity index (χ0) is 22.1.